The molecule has 1 rings (SSSR count). The summed E-state index contributed by atoms with van der Waals surface area (Å²) in [6.45, 7) is 4.83. The summed E-state index contributed by atoms with van der Waals surface area (Å²) < 4.78 is 13.6. The lowest BCUT2D eigenvalue weighted by Crippen LogP contribution is -2.25. The SMILES string of the molecule is CCCCCC(C)NCc1ccc(C#N)cc1F. The van der Waals surface area contributed by atoms with Crippen LogP contribution in [0.15, 0.2) is 18.2 Å². The van der Waals surface area contributed by atoms with E-state index in [1.165, 1.54) is 25.3 Å². The summed E-state index contributed by atoms with van der Waals surface area (Å²) in [7, 11) is 0. The molecule has 0 saturated heterocycles. The minimum Gasteiger partial charge on any atom is -0.310 e. The van der Waals surface area contributed by atoms with E-state index in [0.29, 0.717) is 23.7 Å². The average molecular weight is 248 g/mol. The molecule has 0 saturated carbocycles. The van der Waals surface area contributed by atoms with Crippen LogP contribution in [0.25, 0.3) is 0 Å². The maximum absolute atomic E-state index is 13.6. The lowest BCUT2D eigenvalue weighted by atomic mass is 10.1. The Kier molecular flexibility index (Phi) is 6.38. The van der Waals surface area contributed by atoms with Gasteiger partial charge in [-0.05, 0) is 25.5 Å². The van der Waals surface area contributed by atoms with Gasteiger partial charge in [0.15, 0.2) is 0 Å². The second kappa shape index (κ2) is 7.84. The van der Waals surface area contributed by atoms with Crippen LogP contribution in [-0.2, 0) is 6.54 Å². The molecule has 18 heavy (non-hydrogen) atoms. The Hall–Kier alpha value is -1.40. The van der Waals surface area contributed by atoms with Crippen molar-refractivity contribution in [1.29, 1.82) is 5.26 Å². The highest BCUT2D eigenvalue weighted by Gasteiger charge is 2.06. The van der Waals surface area contributed by atoms with E-state index < -0.39 is 0 Å². The molecule has 1 N–H and O–H groups in total. The Morgan fingerprint density at radius 2 is 2.17 bits per heavy atom. The van der Waals surface area contributed by atoms with Gasteiger partial charge in [0.2, 0.25) is 0 Å². The zero-order chi connectivity index (χ0) is 13.4. The maximum Gasteiger partial charge on any atom is 0.129 e. The van der Waals surface area contributed by atoms with Crippen LogP contribution in [0.1, 0.15) is 50.7 Å². The first kappa shape index (κ1) is 14.7. The van der Waals surface area contributed by atoms with Gasteiger partial charge in [0, 0.05) is 18.2 Å². The monoisotopic (exact) mass is 248 g/mol. The van der Waals surface area contributed by atoms with E-state index in [-0.39, 0.29) is 5.82 Å². The average Bonchev–Trinajstić information content (AvgIpc) is 2.37. The van der Waals surface area contributed by atoms with Crippen molar-refractivity contribution in [2.75, 3.05) is 0 Å². The van der Waals surface area contributed by atoms with E-state index in [1.807, 2.05) is 6.07 Å². The fourth-order valence-corrected chi connectivity index (χ4v) is 1.85. The first-order valence-electron chi connectivity index (χ1n) is 6.59. The molecule has 1 unspecified atom stereocenters. The first-order valence-corrected chi connectivity index (χ1v) is 6.59. The maximum atomic E-state index is 13.6. The minimum atomic E-state index is -0.303. The Bertz CT molecular complexity index is 409. The second-order valence-electron chi connectivity index (χ2n) is 4.70. The molecule has 0 heterocycles. The second-order valence-corrected chi connectivity index (χ2v) is 4.70. The van der Waals surface area contributed by atoms with Crippen molar-refractivity contribution in [3.8, 4) is 6.07 Å². The topological polar surface area (TPSA) is 35.8 Å². The molecule has 0 spiro atoms. The van der Waals surface area contributed by atoms with Crippen molar-refractivity contribution in [3.05, 3.63) is 35.1 Å². The third-order valence-corrected chi connectivity index (χ3v) is 3.06. The van der Waals surface area contributed by atoms with Crippen LogP contribution in [0.3, 0.4) is 0 Å². The van der Waals surface area contributed by atoms with Gasteiger partial charge in [0.25, 0.3) is 0 Å². The minimum absolute atomic E-state index is 0.303. The molecule has 3 heteroatoms. The molecule has 0 fully saturated rings. The lowest BCUT2D eigenvalue weighted by molar-refractivity contribution is 0.479. The number of unbranched alkanes of at least 4 members (excludes halogenated alkanes) is 2. The predicted molar refractivity (Wildman–Crippen MR) is 71.6 cm³/mol. The van der Waals surface area contributed by atoms with Gasteiger partial charge in [0.1, 0.15) is 5.82 Å². The largest absolute Gasteiger partial charge is 0.310 e. The number of nitrogens with one attached hydrogen (secondary N) is 1. The van der Waals surface area contributed by atoms with Crippen molar-refractivity contribution in [3.63, 3.8) is 0 Å². The molecule has 1 aromatic rings. The molecule has 0 aliphatic rings. The number of benzene rings is 1. The molecule has 0 radical (unpaired) electrons. The van der Waals surface area contributed by atoms with E-state index in [1.54, 1.807) is 12.1 Å². The third kappa shape index (κ3) is 4.85. The third-order valence-electron chi connectivity index (χ3n) is 3.06. The zero-order valence-corrected chi connectivity index (χ0v) is 11.2. The fraction of sp³-hybridized carbons (Fsp3) is 0.533. The van der Waals surface area contributed by atoms with Gasteiger partial charge in [-0.3, -0.25) is 0 Å². The predicted octanol–water partition coefficient (Wildman–Crippen LogP) is 3.76. The Balaban J connectivity index is 2.41. The van der Waals surface area contributed by atoms with Crippen LogP contribution < -0.4 is 5.32 Å². The van der Waals surface area contributed by atoms with Crippen LogP contribution in [0, 0.1) is 17.1 Å². The molecule has 2 nitrogen and oxygen atoms in total. The van der Waals surface area contributed by atoms with Crippen LogP contribution in [0.5, 0.6) is 0 Å². The van der Waals surface area contributed by atoms with E-state index in [0.717, 1.165) is 6.42 Å². The van der Waals surface area contributed by atoms with Gasteiger partial charge in [-0.25, -0.2) is 4.39 Å². The quantitative estimate of drug-likeness (QED) is 0.746. The summed E-state index contributed by atoms with van der Waals surface area (Å²) in [5.74, 6) is -0.303. The van der Waals surface area contributed by atoms with Gasteiger partial charge < -0.3 is 5.32 Å². The normalized spacial score (nSPS) is 12.1. The first-order chi connectivity index (χ1) is 8.67. The molecule has 0 aromatic heterocycles. The summed E-state index contributed by atoms with van der Waals surface area (Å²) in [6, 6.07) is 6.95. The van der Waals surface area contributed by atoms with Crippen molar-refractivity contribution >= 4 is 0 Å². The van der Waals surface area contributed by atoms with E-state index in [9.17, 15) is 4.39 Å². The molecular formula is C15H21FN2. The van der Waals surface area contributed by atoms with E-state index >= 15 is 0 Å². The van der Waals surface area contributed by atoms with Crippen molar-refractivity contribution in [2.24, 2.45) is 0 Å². The molecular weight excluding hydrogens is 227 g/mol. The smallest absolute Gasteiger partial charge is 0.129 e. The molecule has 0 aliphatic carbocycles. The van der Waals surface area contributed by atoms with Gasteiger partial charge >= 0.3 is 0 Å². The number of nitrogens with zero attached hydrogens (tertiary/aromatic N) is 1. The molecule has 0 aliphatic heterocycles. The van der Waals surface area contributed by atoms with E-state index in [2.05, 4.69) is 19.2 Å². The van der Waals surface area contributed by atoms with Gasteiger partial charge in [0.05, 0.1) is 11.6 Å². The standard InChI is InChI=1S/C15H21FN2/c1-3-4-5-6-12(2)18-11-14-8-7-13(10-17)9-15(14)16/h7-9,12,18H,3-6,11H2,1-2H3. The fourth-order valence-electron chi connectivity index (χ4n) is 1.85. The summed E-state index contributed by atoms with van der Waals surface area (Å²) in [5, 5.41) is 12.0. The van der Waals surface area contributed by atoms with Crippen molar-refractivity contribution in [1.82, 2.24) is 5.32 Å². The van der Waals surface area contributed by atoms with Crippen molar-refractivity contribution in [2.45, 2.75) is 52.1 Å². The van der Waals surface area contributed by atoms with Gasteiger partial charge in [-0.2, -0.15) is 5.26 Å². The van der Waals surface area contributed by atoms with Crippen LogP contribution >= 0.6 is 0 Å². The van der Waals surface area contributed by atoms with Gasteiger partial charge in [-0.15, -0.1) is 0 Å². The number of hydrogen-bond acceptors (Lipinski definition) is 2. The molecule has 0 amide bonds. The Morgan fingerprint density at radius 3 is 2.78 bits per heavy atom. The lowest BCUT2D eigenvalue weighted by Gasteiger charge is -2.14. The Morgan fingerprint density at radius 1 is 1.39 bits per heavy atom. The van der Waals surface area contributed by atoms with E-state index in [4.69, 9.17) is 5.26 Å². The molecule has 1 aromatic carbocycles. The summed E-state index contributed by atoms with van der Waals surface area (Å²) in [4.78, 5) is 0. The van der Waals surface area contributed by atoms with Crippen LogP contribution in [0.2, 0.25) is 0 Å². The Labute approximate surface area is 109 Å². The van der Waals surface area contributed by atoms with Gasteiger partial charge in [-0.1, -0.05) is 32.3 Å². The molecule has 98 valence electrons. The summed E-state index contributed by atoms with van der Waals surface area (Å²) >= 11 is 0. The zero-order valence-electron chi connectivity index (χ0n) is 11.2. The van der Waals surface area contributed by atoms with Crippen molar-refractivity contribution < 1.29 is 4.39 Å². The highest BCUT2D eigenvalue weighted by molar-refractivity contribution is 5.32. The summed E-state index contributed by atoms with van der Waals surface area (Å²) in [6.07, 6.45) is 4.79. The van der Waals surface area contributed by atoms with Crippen LogP contribution in [-0.4, -0.2) is 6.04 Å². The van der Waals surface area contributed by atoms with Crippen LogP contribution in [0.4, 0.5) is 4.39 Å². The highest BCUT2D eigenvalue weighted by atomic mass is 19.1. The highest BCUT2D eigenvalue weighted by Crippen LogP contribution is 2.10. The number of halogens is 1. The number of rotatable bonds is 7. The number of hydrogen-bond donors (Lipinski definition) is 1. The molecule has 0 bridgehead atoms. The summed E-state index contributed by atoms with van der Waals surface area (Å²) in [5.41, 5.74) is 0.989. The molecule has 1 atom stereocenters. The number of nitriles is 1.